The number of ketones is 1. The summed E-state index contributed by atoms with van der Waals surface area (Å²) in [7, 11) is 0. The highest BCUT2D eigenvalue weighted by atomic mass is 16.1. The molecule has 0 spiro atoms. The summed E-state index contributed by atoms with van der Waals surface area (Å²) in [6, 6.07) is 0. The average molecular weight is 213 g/mol. The van der Waals surface area contributed by atoms with E-state index < -0.39 is 0 Å². The zero-order valence-electron chi connectivity index (χ0n) is 10.6. The van der Waals surface area contributed by atoms with E-state index in [4.69, 9.17) is 5.73 Å². The molecule has 0 bridgehead atoms. The normalized spacial score (nSPS) is 14.9. The number of rotatable bonds is 9. The number of hydrogen-bond donors (Lipinski definition) is 1. The molecule has 15 heavy (non-hydrogen) atoms. The van der Waals surface area contributed by atoms with Gasteiger partial charge in [-0.05, 0) is 12.8 Å². The number of hydrogen-bond acceptors (Lipinski definition) is 2. The maximum absolute atomic E-state index is 11.9. The quantitative estimate of drug-likeness (QED) is 0.597. The Kier molecular flexibility index (Phi) is 7.67. The minimum Gasteiger partial charge on any atom is -0.329 e. The van der Waals surface area contributed by atoms with Crippen LogP contribution in [0.25, 0.3) is 0 Å². The first kappa shape index (κ1) is 14.6. The van der Waals surface area contributed by atoms with Crippen LogP contribution in [0.2, 0.25) is 0 Å². The van der Waals surface area contributed by atoms with Gasteiger partial charge in [-0.3, -0.25) is 4.79 Å². The van der Waals surface area contributed by atoms with Gasteiger partial charge in [-0.25, -0.2) is 0 Å². The topological polar surface area (TPSA) is 43.1 Å². The van der Waals surface area contributed by atoms with E-state index >= 15 is 0 Å². The lowest BCUT2D eigenvalue weighted by Crippen LogP contribution is -2.35. The van der Waals surface area contributed by atoms with Gasteiger partial charge >= 0.3 is 0 Å². The van der Waals surface area contributed by atoms with E-state index in [2.05, 4.69) is 6.92 Å². The fraction of sp³-hybridized carbons (Fsp3) is 0.923. The van der Waals surface area contributed by atoms with Crippen LogP contribution in [0.5, 0.6) is 0 Å². The molecule has 0 aromatic heterocycles. The second kappa shape index (κ2) is 7.86. The molecule has 0 aromatic carbocycles. The highest BCUT2D eigenvalue weighted by molar-refractivity contribution is 5.84. The molecule has 0 saturated carbocycles. The molecule has 0 rings (SSSR count). The van der Waals surface area contributed by atoms with Crippen molar-refractivity contribution in [2.75, 3.05) is 6.54 Å². The van der Waals surface area contributed by atoms with Gasteiger partial charge in [0, 0.05) is 18.4 Å². The van der Waals surface area contributed by atoms with E-state index in [-0.39, 0.29) is 5.41 Å². The molecule has 1 atom stereocenters. The molecule has 0 aliphatic rings. The monoisotopic (exact) mass is 213 g/mol. The Labute approximate surface area is 94.6 Å². The molecule has 0 aromatic rings. The second-order valence-corrected chi connectivity index (χ2v) is 4.71. The average Bonchev–Trinajstić information content (AvgIpc) is 2.27. The highest BCUT2D eigenvalue weighted by Crippen LogP contribution is 2.23. The van der Waals surface area contributed by atoms with Crippen molar-refractivity contribution >= 4 is 5.78 Å². The molecule has 90 valence electrons. The van der Waals surface area contributed by atoms with Gasteiger partial charge in [0.05, 0.1) is 0 Å². The Hall–Kier alpha value is -0.370. The predicted octanol–water partition coefficient (Wildman–Crippen LogP) is 3.29. The van der Waals surface area contributed by atoms with E-state index in [1.165, 1.54) is 25.7 Å². The fourth-order valence-electron chi connectivity index (χ4n) is 1.65. The zero-order valence-corrected chi connectivity index (χ0v) is 10.6. The molecule has 1 unspecified atom stereocenters. The molecule has 0 heterocycles. The Morgan fingerprint density at radius 2 is 1.73 bits per heavy atom. The molecule has 0 aliphatic carbocycles. The predicted molar refractivity (Wildman–Crippen MR) is 65.8 cm³/mol. The van der Waals surface area contributed by atoms with Crippen LogP contribution in [0.15, 0.2) is 0 Å². The summed E-state index contributed by atoms with van der Waals surface area (Å²) in [5, 5.41) is 0. The standard InChI is InChI=1S/C13H27NO/c1-4-6-7-8-9-10-12(15)13(3,5-2)11-14/h4-11,14H2,1-3H3. The summed E-state index contributed by atoms with van der Waals surface area (Å²) < 4.78 is 0. The molecule has 0 fully saturated rings. The Balaban J connectivity index is 3.73. The van der Waals surface area contributed by atoms with Gasteiger partial charge in [0.1, 0.15) is 5.78 Å². The van der Waals surface area contributed by atoms with Gasteiger partial charge in [0.2, 0.25) is 0 Å². The number of unbranched alkanes of at least 4 members (excludes halogenated alkanes) is 4. The Morgan fingerprint density at radius 3 is 2.20 bits per heavy atom. The molecular formula is C13H27NO. The molecule has 0 radical (unpaired) electrons. The van der Waals surface area contributed by atoms with Crippen LogP contribution in [0.3, 0.4) is 0 Å². The number of nitrogens with two attached hydrogens (primary N) is 1. The fourth-order valence-corrected chi connectivity index (χ4v) is 1.65. The SMILES string of the molecule is CCCCCCCC(=O)C(C)(CC)CN. The van der Waals surface area contributed by atoms with E-state index in [9.17, 15) is 4.79 Å². The van der Waals surface area contributed by atoms with Gasteiger partial charge in [-0.1, -0.05) is 46.5 Å². The van der Waals surface area contributed by atoms with Crippen molar-refractivity contribution in [2.24, 2.45) is 11.1 Å². The van der Waals surface area contributed by atoms with Crippen molar-refractivity contribution in [3.8, 4) is 0 Å². The van der Waals surface area contributed by atoms with Gasteiger partial charge < -0.3 is 5.73 Å². The van der Waals surface area contributed by atoms with Gasteiger partial charge in [-0.15, -0.1) is 0 Å². The van der Waals surface area contributed by atoms with Crippen LogP contribution in [-0.4, -0.2) is 12.3 Å². The lowest BCUT2D eigenvalue weighted by atomic mass is 9.81. The van der Waals surface area contributed by atoms with Crippen molar-refractivity contribution in [1.82, 2.24) is 0 Å². The van der Waals surface area contributed by atoms with Gasteiger partial charge in [0.15, 0.2) is 0 Å². The van der Waals surface area contributed by atoms with Crippen LogP contribution < -0.4 is 5.73 Å². The molecule has 2 heteroatoms. The minimum atomic E-state index is -0.273. The maximum Gasteiger partial charge on any atom is 0.140 e. The maximum atomic E-state index is 11.9. The van der Waals surface area contributed by atoms with Crippen molar-refractivity contribution in [3.63, 3.8) is 0 Å². The third kappa shape index (κ3) is 5.31. The Morgan fingerprint density at radius 1 is 1.13 bits per heavy atom. The van der Waals surface area contributed by atoms with E-state index in [0.29, 0.717) is 18.7 Å². The van der Waals surface area contributed by atoms with Crippen molar-refractivity contribution < 1.29 is 4.79 Å². The highest BCUT2D eigenvalue weighted by Gasteiger charge is 2.28. The van der Waals surface area contributed by atoms with Crippen LogP contribution in [-0.2, 0) is 4.79 Å². The van der Waals surface area contributed by atoms with Crippen molar-refractivity contribution in [2.45, 2.75) is 65.7 Å². The lowest BCUT2D eigenvalue weighted by Gasteiger charge is -2.24. The third-order valence-electron chi connectivity index (χ3n) is 3.41. The summed E-state index contributed by atoms with van der Waals surface area (Å²) in [5.74, 6) is 0.351. The first-order valence-corrected chi connectivity index (χ1v) is 6.34. The first-order chi connectivity index (χ1) is 7.10. The van der Waals surface area contributed by atoms with E-state index in [1.807, 2.05) is 13.8 Å². The van der Waals surface area contributed by atoms with Crippen LogP contribution >= 0.6 is 0 Å². The van der Waals surface area contributed by atoms with Crippen LogP contribution in [0, 0.1) is 5.41 Å². The lowest BCUT2D eigenvalue weighted by molar-refractivity contribution is -0.127. The van der Waals surface area contributed by atoms with E-state index in [1.54, 1.807) is 0 Å². The van der Waals surface area contributed by atoms with Crippen molar-refractivity contribution in [3.05, 3.63) is 0 Å². The van der Waals surface area contributed by atoms with E-state index in [0.717, 1.165) is 12.8 Å². The van der Waals surface area contributed by atoms with Crippen molar-refractivity contribution in [1.29, 1.82) is 0 Å². The zero-order chi connectivity index (χ0) is 11.7. The summed E-state index contributed by atoms with van der Waals surface area (Å²) in [4.78, 5) is 11.9. The van der Waals surface area contributed by atoms with Crippen LogP contribution in [0.4, 0.5) is 0 Å². The molecule has 2 N–H and O–H groups in total. The molecule has 0 saturated heterocycles. The molecule has 0 amide bonds. The summed E-state index contributed by atoms with van der Waals surface area (Å²) in [6.45, 7) is 6.72. The third-order valence-corrected chi connectivity index (χ3v) is 3.41. The number of Topliss-reactive ketones (excluding diaryl/α,β-unsaturated/α-hetero) is 1. The molecule has 2 nitrogen and oxygen atoms in total. The minimum absolute atomic E-state index is 0.273. The molecular weight excluding hydrogens is 186 g/mol. The summed E-state index contributed by atoms with van der Waals surface area (Å²) >= 11 is 0. The van der Waals surface area contributed by atoms with Gasteiger partial charge in [-0.2, -0.15) is 0 Å². The molecule has 0 aliphatic heterocycles. The summed E-state index contributed by atoms with van der Waals surface area (Å²) in [6.07, 6.45) is 7.59. The number of carbonyl (C=O) groups excluding carboxylic acids is 1. The second-order valence-electron chi connectivity index (χ2n) is 4.71. The van der Waals surface area contributed by atoms with Crippen LogP contribution in [0.1, 0.15) is 65.7 Å². The number of carbonyl (C=O) groups is 1. The Bertz CT molecular complexity index is 173. The van der Waals surface area contributed by atoms with Gasteiger partial charge in [0.25, 0.3) is 0 Å². The largest absolute Gasteiger partial charge is 0.329 e. The summed E-state index contributed by atoms with van der Waals surface area (Å²) in [5.41, 5.74) is 5.38. The smallest absolute Gasteiger partial charge is 0.140 e. The first-order valence-electron chi connectivity index (χ1n) is 6.34.